The molecule has 5 nitrogen and oxygen atoms in total. The minimum atomic E-state index is -3.49. The van der Waals surface area contributed by atoms with Crippen molar-refractivity contribution >= 4 is 27.7 Å². The van der Waals surface area contributed by atoms with Gasteiger partial charge in [-0.15, -0.1) is 11.8 Å². The predicted octanol–water partition coefficient (Wildman–Crippen LogP) is 2.39. The van der Waals surface area contributed by atoms with Gasteiger partial charge in [-0.2, -0.15) is 12.7 Å². The first kappa shape index (κ1) is 18.3. The molecule has 0 spiro atoms. The second-order valence-electron chi connectivity index (χ2n) is 5.12. The van der Waals surface area contributed by atoms with E-state index < -0.39 is 10.2 Å². The van der Waals surface area contributed by atoms with Crippen LogP contribution in [0, 0.1) is 0 Å². The lowest BCUT2D eigenvalue weighted by Gasteiger charge is -2.19. The normalized spacial score (nSPS) is 12.1. The molecule has 0 aromatic heterocycles. The van der Waals surface area contributed by atoms with Crippen molar-refractivity contribution in [2.24, 2.45) is 0 Å². The summed E-state index contributed by atoms with van der Waals surface area (Å²) in [6, 6.07) is 7.79. The van der Waals surface area contributed by atoms with Gasteiger partial charge in [0.25, 0.3) is 0 Å². The summed E-state index contributed by atoms with van der Waals surface area (Å²) in [6.07, 6.45) is 2.74. The Labute approximate surface area is 132 Å². The van der Waals surface area contributed by atoms with Crippen LogP contribution in [-0.2, 0) is 10.2 Å². The van der Waals surface area contributed by atoms with Crippen LogP contribution in [0.15, 0.2) is 29.2 Å². The molecule has 0 bridgehead atoms. The number of hydrogen-bond acceptors (Lipinski definition) is 4. The first-order chi connectivity index (χ1) is 9.85. The summed E-state index contributed by atoms with van der Waals surface area (Å²) < 4.78 is 28.4. The molecule has 0 heterocycles. The molecular formula is C14H25N3O2S2. The predicted molar refractivity (Wildman–Crippen MR) is 91.2 cm³/mol. The third kappa shape index (κ3) is 6.69. The fourth-order valence-corrected chi connectivity index (χ4v) is 3.14. The van der Waals surface area contributed by atoms with Crippen molar-refractivity contribution in [1.29, 1.82) is 0 Å². The first-order valence-electron chi connectivity index (χ1n) is 6.96. The molecule has 0 atom stereocenters. The van der Waals surface area contributed by atoms with Crippen molar-refractivity contribution in [3.05, 3.63) is 24.3 Å². The van der Waals surface area contributed by atoms with Crippen LogP contribution >= 0.6 is 11.8 Å². The lowest BCUT2D eigenvalue weighted by atomic mass is 10.3. The minimum absolute atomic E-state index is 0.416. The molecule has 21 heavy (non-hydrogen) atoms. The zero-order chi connectivity index (χ0) is 15.9. The average Bonchev–Trinajstić information content (AvgIpc) is 2.42. The molecule has 0 unspecified atom stereocenters. The summed E-state index contributed by atoms with van der Waals surface area (Å²) in [5.74, 6) is 0. The van der Waals surface area contributed by atoms with Crippen molar-refractivity contribution in [2.45, 2.75) is 31.2 Å². The van der Waals surface area contributed by atoms with Gasteiger partial charge in [0.15, 0.2) is 0 Å². The van der Waals surface area contributed by atoms with Crippen molar-refractivity contribution in [3.8, 4) is 0 Å². The van der Waals surface area contributed by atoms with Crippen LogP contribution in [0.25, 0.3) is 0 Å². The van der Waals surface area contributed by atoms with E-state index in [1.54, 1.807) is 24.9 Å². The zero-order valence-electron chi connectivity index (χ0n) is 13.1. The first-order valence-corrected chi connectivity index (χ1v) is 9.63. The van der Waals surface area contributed by atoms with E-state index in [0.717, 1.165) is 17.9 Å². The van der Waals surface area contributed by atoms with E-state index in [9.17, 15) is 8.42 Å². The summed E-state index contributed by atoms with van der Waals surface area (Å²) >= 11 is 1.58. The Morgan fingerprint density at radius 3 is 2.67 bits per heavy atom. The third-order valence-electron chi connectivity index (χ3n) is 2.93. The second kappa shape index (κ2) is 8.63. The van der Waals surface area contributed by atoms with Crippen molar-refractivity contribution in [2.75, 3.05) is 31.1 Å². The molecular weight excluding hydrogens is 306 g/mol. The van der Waals surface area contributed by atoms with Gasteiger partial charge in [0.05, 0.1) is 5.69 Å². The second-order valence-corrected chi connectivity index (χ2v) is 7.78. The highest BCUT2D eigenvalue weighted by atomic mass is 32.2. The maximum absolute atomic E-state index is 12.2. The molecule has 0 aliphatic carbocycles. The van der Waals surface area contributed by atoms with Gasteiger partial charge in [-0.25, -0.2) is 0 Å². The highest BCUT2D eigenvalue weighted by Gasteiger charge is 2.17. The lowest BCUT2D eigenvalue weighted by Crippen LogP contribution is -2.35. The molecule has 0 amide bonds. The van der Waals surface area contributed by atoms with Gasteiger partial charge in [-0.3, -0.25) is 4.72 Å². The number of thioether (sulfide) groups is 1. The molecule has 1 rings (SSSR count). The SMILES string of the molecule is CSc1cccc(NS(=O)(=O)N(C)CCCNC(C)C)c1. The monoisotopic (exact) mass is 331 g/mol. The smallest absolute Gasteiger partial charge is 0.301 e. The lowest BCUT2D eigenvalue weighted by molar-refractivity contribution is 0.451. The van der Waals surface area contributed by atoms with Crippen LogP contribution in [-0.4, -0.2) is 45.2 Å². The molecule has 0 saturated carbocycles. The number of benzene rings is 1. The zero-order valence-corrected chi connectivity index (χ0v) is 14.7. The largest absolute Gasteiger partial charge is 0.314 e. The number of nitrogens with zero attached hydrogens (tertiary/aromatic N) is 1. The number of nitrogens with one attached hydrogen (secondary N) is 2. The van der Waals surface area contributed by atoms with Gasteiger partial charge < -0.3 is 5.32 Å². The molecule has 0 radical (unpaired) electrons. The molecule has 0 saturated heterocycles. The molecule has 0 fully saturated rings. The van der Waals surface area contributed by atoms with Gasteiger partial charge >= 0.3 is 10.2 Å². The Bertz CT molecular complexity index is 533. The summed E-state index contributed by atoms with van der Waals surface area (Å²) in [5.41, 5.74) is 0.592. The Morgan fingerprint density at radius 2 is 2.05 bits per heavy atom. The molecule has 120 valence electrons. The summed E-state index contributed by atoms with van der Waals surface area (Å²) in [4.78, 5) is 1.03. The number of hydrogen-bond donors (Lipinski definition) is 2. The molecule has 1 aromatic carbocycles. The highest BCUT2D eigenvalue weighted by Crippen LogP contribution is 2.20. The maximum atomic E-state index is 12.2. The standard InChI is InChI=1S/C14H25N3O2S2/c1-12(2)15-9-6-10-17(3)21(18,19)16-13-7-5-8-14(11-13)20-4/h5,7-8,11-12,15-16H,6,9-10H2,1-4H3. The molecule has 0 aliphatic rings. The fourth-order valence-electron chi connectivity index (χ4n) is 1.73. The van der Waals surface area contributed by atoms with Gasteiger partial charge in [-0.05, 0) is 37.4 Å². The molecule has 7 heteroatoms. The van der Waals surface area contributed by atoms with Crippen molar-refractivity contribution in [1.82, 2.24) is 9.62 Å². The molecule has 0 aliphatic heterocycles. The Kier molecular flexibility index (Phi) is 7.51. The summed E-state index contributed by atoms with van der Waals surface area (Å²) in [6.45, 7) is 5.43. The molecule has 1 aromatic rings. The van der Waals surface area contributed by atoms with Crippen molar-refractivity contribution in [3.63, 3.8) is 0 Å². The number of anilines is 1. The average molecular weight is 332 g/mol. The molecule has 2 N–H and O–H groups in total. The van der Waals surface area contributed by atoms with E-state index in [-0.39, 0.29) is 0 Å². The van der Waals surface area contributed by atoms with E-state index in [4.69, 9.17) is 0 Å². The highest BCUT2D eigenvalue weighted by molar-refractivity contribution is 7.98. The maximum Gasteiger partial charge on any atom is 0.301 e. The van der Waals surface area contributed by atoms with E-state index in [2.05, 4.69) is 23.9 Å². The van der Waals surface area contributed by atoms with Gasteiger partial charge in [0, 0.05) is 24.5 Å². The Balaban J connectivity index is 2.55. The van der Waals surface area contributed by atoms with E-state index >= 15 is 0 Å². The minimum Gasteiger partial charge on any atom is -0.314 e. The van der Waals surface area contributed by atoms with Crippen LogP contribution in [0.3, 0.4) is 0 Å². The quantitative estimate of drug-likeness (QED) is 0.539. The van der Waals surface area contributed by atoms with Crippen LogP contribution < -0.4 is 10.0 Å². The fraction of sp³-hybridized carbons (Fsp3) is 0.571. The van der Waals surface area contributed by atoms with Crippen LogP contribution in [0.2, 0.25) is 0 Å². The van der Waals surface area contributed by atoms with Gasteiger partial charge in [0.1, 0.15) is 0 Å². The summed E-state index contributed by atoms with van der Waals surface area (Å²) in [5, 5.41) is 3.27. The van der Waals surface area contributed by atoms with E-state index in [1.807, 2.05) is 24.5 Å². The van der Waals surface area contributed by atoms with Crippen LogP contribution in [0.1, 0.15) is 20.3 Å². The Hall–Kier alpha value is -0.760. The Morgan fingerprint density at radius 1 is 1.33 bits per heavy atom. The third-order valence-corrected chi connectivity index (χ3v) is 5.15. The summed E-state index contributed by atoms with van der Waals surface area (Å²) in [7, 11) is -1.90. The van der Waals surface area contributed by atoms with Crippen LogP contribution in [0.5, 0.6) is 0 Å². The number of rotatable bonds is 9. The van der Waals surface area contributed by atoms with Crippen molar-refractivity contribution < 1.29 is 8.42 Å². The van der Waals surface area contributed by atoms with E-state index in [1.165, 1.54) is 4.31 Å². The van der Waals surface area contributed by atoms with Gasteiger partial charge in [-0.1, -0.05) is 19.9 Å². The van der Waals surface area contributed by atoms with Gasteiger partial charge in [0.2, 0.25) is 0 Å². The van der Waals surface area contributed by atoms with E-state index in [0.29, 0.717) is 18.3 Å². The topological polar surface area (TPSA) is 61.4 Å². The van der Waals surface area contributed by atoms with Crippen LogP contribution in [0.4, 0.5) is 5.69 Å².